The van der Waals surface area contributed by atoms with Gasteiger partial charge >= 0.3 is 0 Å². The molecule has 0 fully saturated rings. The highest BCUT2D eigenvalue weighted by atomic mass is 16.2. The second-order valence-electron chi connectivity index (χ2n) is 9.00. The predicted molar refractivity (Wildman–Crippen MR) is 131 cm³/mol. The molecular weight excluding hydrogens is 444 g/mol. The highest BCUT2D eigenvalue weighted by Crippen LogP contribution is 2.46. The van der Waals surface area contributed by atoms with E-state index in [-0.39, 0.29) is 23.0 Å². The molecule has 9 heteroatoms. The fourth-order valence-corrected chi connectivity index (χ4v) is 5.21. The third kappa shape index (κ3) is 2.91. The molecule has 2 aromatic heterocycles. The van der Waals surface area contributed by atoms with Gasteiger partial charge < -0.3 is 9.80 Å². The lowest BCUT2D eigenvalue weighted by Gasteiger charge is -2.27. The van der Waals surface area contributed by atoms with Crippen molar-refractivity contribution in [3.8, 4) is 0 Å². The van der Waals surface area contributed by atoms with Crippen LogP contribution in [0.2, 0.25) is 0 Å². The number of benzene rings is 1. The number of rotatable bonds is 3. The topological polar surface area (TPSA) is 99.4 Å². The number of carbonyl (C=O) groups excluding carboxylic acids is 3. The largest absolute Gasteiger partial charge is 0.347 e. The average Bonchev–Trinajstić information content (AvgIpc) is 3.43. The van der Waals surface area contributed by atoms with Crippen molar-refractivity contribution in [3.05, 3.63) is 83.6 Å². The Labute approximate surface area is 201 Å². The predicted octanol–water partition coefficient (Wildman–Crippen LogP) is 2.10. The Kier molecular flexibility index (Phi) is 4.50. The molecule has 2 unspecified atom stereocenters. The summed E-state index contributed by atoms with van der Waals surface area (Å²) in [5.41, 5.74) is 4.47. The molecule has 0 radical (unpaired) electrons. The van der Waals surface area contributed by atoms with E-state index in [9.17, 15) is 14.4 Å². The number of aliphatic imine (C=N–C) groups is 1. The minimum Gasteiger partial charge on any atom is -0.347 e. The second kappa shape index (κ2) is 7.49. The van der Waals surface area contributed by atoms with Crippen molar-refractivity contribution >= 4 is 40.3 Å². The fraction of sp³-hybridized carbons (Fsp3) is 0.192. The smallest absolute Gasteiger partial charge is 0.261 e. The van der Waals surface area contributed by atoms with Gasteiger partial charge in [0.2, 0.25) is 5.91 Å². The molecule has 3 aliphatic rings. The number of aromatic nitrogens is 2. The van der Waals surface area contributed by atoms with E-state index in [1.807, 2.05) is 48.2 Å². The van der Waals surface area contributed by atoms with E-state index in [4.69, 9.17) is 0 Å². The molecule has 0 saturated carbocycles. The zero-order valence-electron chi connectivity index (χ0n) is 19.4. The van der Waals surface area contributed by atoms with E-state index in [1.165, 1.54) is 0 Å². The summed E-state index contributed by atoms with van der Waals surface area (Å²) >= 11 is 0. The number of carbonyl (C=O) groups is 3. The summed E-state index contributed by atoms with van der Waals surface area (Å²) in [6, 6.07) is 10.9. The van der Waals surface area contributed by atoms with Gasteiger partial charge in [-0.3, -0.25) is 29.1 Å². The number of pyridine rings is 1. The zero-order valence-corrected chi connectivity index (χ0v) is 19.4. The number of hydrogen-bond donors (Lipinski definition) is 1. The van der Waals surface area contributed by atoms with Crippen LogP contribution in [0.1, 0.15) is 29.7 Å². The standard InChI is InChI=1S/C26H22N6O3/c1-14-15-7-6-8-16-21(27-10-12-32(23(15)16)22(14)26(35)30(2)3)20-19(24(33)29-25(20)34)17-13-28-18-9-4-5-11-31(17)18/h4-14,22H,1-3H3,(H,29,33,34). The van der Waals surface area contributed by atoms with Gasteiger partial charge in [0.05, 0.1) is 34.4 Å². The summed E-state index contributed by atoms with van der Waals surface area (Å²) < 4.78 is 1.77. The molecule has 0 spiro atoms. The van der Waals surface area contributed by atoms with Gasteiger partial charge in [0.25, 0.3) is 11.8 Å². The summed E-state index contributed by atoms with van der Waals surface area (Å²) in [4.78, 5) is 51.8. The lowest BCUT2D eigenvalue weighted by Crippen LogP contribution is -2.43. The maximum absolute atomic E-state index is 13.2. The van der Waals surface area contributed by atoms with E-state index in [0.717, 1.165) is 11.3 Å². The monoisotopic (exact) mass is 466 g/mol. The van der Waals surface area contributed by atoms with E-state index < -0.39 is 17.9 Å². The molecule has 9 nitrogen and oxygen atoms in total. The highest BCUT2D eigenvalue weighted by Gasteiger charge is 2.44. The van der Waals surface area contributed by atoms with Gasteiger partial charge in [-0.2, -0.15) is 0 Å². The van der Waals surface area contributed by atoms with Crippen molar-refractivity contribution < 1.29 is 14.4 Å². The van der Waals surface area contributed by atoms with Crippen LogP contribution >= 0.6 is 0 Å². The third-order valence-electron chi connectivity index (χ3n) is 6.81. The summed E-state index contributed by atoms with van der Waals surface area (Å²) in [7, 11) is 3.48. The molecule has 3 aliphatic heterocycles. The number of hydrogen-bond acceptors (Lipinski definition) is 6. The van der Waals surface area contributed by atoms with Crippen LogP contribution in [0.25, 0.3) is 11.2 Å². The Morgan fingerprint density at radius 1 is 1.06 bits per heavy atom. The number of imide groups is 1. The minimum atomic E-state index is -0.513. The van der Waals surface area contributed by atoms with Crippen LogP contribution < -0.4 is 10.2 Å². The lowest BCUT2D eigenvalue weighted by atomic mass is 9.91. The molecule has 1 N–H and O–H groups in total. The molecule has 1 aromatic carbocycles. The van der Waals surface area contributed by atoms with Crippen molar-refractivity contribution in [3.63, 3.8) is 0 Å². The van der Waals surface area contributed by atoms with Crippen molar-refractivity contribution in [2.24, 2.45) is 4.99 Å². The van der Waals surface area contributed by atoms with Gasteiger partial charge in [0.1, 0.15) is 11.7 Å². The molecule has 2 atom stereocenters. The second-order valence-corrected chi connectivity index (χ2v) is 9.00. The molecule has 0 aliphatic carbocycles. The first-order chi connectivity index (χ1) is 16.9. The van der Waals surface area contributed by atoms with Crippen LogP contribution in [0.5, 0.6) is 0 Å². The van der Waals surface area contributed by atoms with E-state index >= 15 is 0 Å². The molecule has 6 rings (SSSR count). The molecule has 3 amide bonds. The zero-order chi connectivity index (χ0) is 24.4. The first kappa shape index (κ1) is 21.0. The Morgan fingerprint density at radius 3 is 2.66 bits per heavy atom. The number of nitrogens with one attached hydrogen (secondary N) is 1. The summed E-state index contributed by atoms with van der Waals surface area (Å²) in [5, 5.41) is 2.44. The SMILES string of the molecule is CC1c2cccc3c2N(C=CN=C3C2=C(c3cnc4ccccn34)C(=O)NC2=O)C1C(=O)N(C)C. The first-order valence-electron chi connectivity index (χ1n) is 11.3. The van der Waals surface area contributed by atoms with E-state index in [0.29, 0.717) is 22.6 Å². The van der Waals surface area contributed by atoms with Crippen molar-refractivity contribution in [1.29, 1.82) is 0 Å². The van der Waals surface area contributed by atoms with Crippen molar-refractivity contribution in [2.75, 3.05) is 19.0 Å². The molecule has 5 heterocycles. The number of imidazole rings is 1. The molecule has 3 aromatic rings. The Morgan fingerprint density at radius 2 is 1.86 bits per heavy atom. The van der Waals surface area contributed by atoms with Gasteiger partial charge in [0, 0.05) is 44.2 Å². The number of likely N-dealkylation sites (N-methyl/N-ethyl adjacent to an activating group) is 1. The minimum absolute atomic E-state index is 0.0211. The third-order valence-corrected chi connectivity index (χ3v) is 6.81. The summed E-state index contributed by atoms with van der Waals surface area (Å²) in [5.74, 6) is -1.10. The molecule has 35 heavy (non-hydrogen) atoms. The van der Waals surface area contributed by atoms with Gasteiger partial charge in [-0.05, 0) is 17.7 Å². The maximum atomic E-state index is 13.2. The normalized spacial score (nSPS) is 20.8. The Bertz CT molecular complexity index is 1540. The quantitative estimate of drug-likeness (QED) is 0.596. The van der Waals surface area contributed by atoms with Gasteiger partial charge in [-0.1, -0.05) is 31.2 Å². The molecule has 174 valence electrons. The number of fused-ring (bicyclic) bond motifs is 1. The summed E-state index contributed by atoms with van der Waals surface area (Å²) in [6.45, 7) is 2.02. The van der Waals surface area contributed by atoms with Gasteiger partial charge in [-0.25, -0.2) is 4.98 Å². The van der Waals surface area contributed by atoms with Gasteiger partial charge in [-0.15, -0.1) is 0 Å². The van der Waals surface area contributed by atoms with Crippen LogP contribution in [0.15, 0.2) is 71.8 Å². The van der Waals surface area contributed by atoms with E-state index in [1.54, 1.807) is 48.2 Å². The van der Waals surface area contributed by atoms with Crippen LogP contribution in [-0.2, 0) is 14.4 Å². The average molecular weight is 467 g/mol. The van der Waals surface area contributed by atoms with Crippen molar-refractivity contribution in [1.82, 2.24) is 19.6 Å². The van der Waals surface area contributed by atoms with Crippen LogP contribution in [0, 0.1) is 0 Å². The number of anilines is 1. The molecule has 0 saturated heterocycles. The summed E-state index contributed by atoms with van der Waals surface area (Å²) in [6.07, 6.45) is 6.75. The molecule has 0 bridgehead atoms. The maximum Gasteiger partial charge on any atom is 0.261 e. The first-order valence-corrected chi connectivity index (χ1v) is 11.3. The number of nitrogens with zero attached hydrogens (tertiary/aromatic N) is 5. The number of para-hydroxylation sites is 1. The fourth-order valence-electron chi connectivity index (χ4n) is 5.21. The Balaban J connectivity index is 1.58. The Hall–Kier alpha value is -4.53. The molecular formula is C26H22N6O3. The van der Waals surface area contributed by atoms with Crippen LogP contribution in [-0.4, -0.2) is 57.9 Å². The van der Waals surface area contributed by atoms with Gasteiger partial charge in [0.15, 0.2) is 0 Å². The van der Waals surface area contributed by atoms with E-state index in [2.05, 4.69) is 15.3 Å². The highest BCUT2D eigenvalue weighted by molar-refractivity contribution is 6.47. The van der Waals surface area contributed by atoms with Crippen molar-refractivity contribution in [2.45, 2.75) is 18.9 Å². The number of amides is 3. The lowest BCUT2D eigenvalue weighted by molar-refractivity contribution is -0.130. The van der Waals surface area contributed by atoms with Crippen LogP contribution in [0.3, 0.4) is 0 Å². The van der Waals surface area contributed by atoms with Crippen LogP contribution in [0.4, 0.5) is 5.69 Å².